The Morgan fingerprint density at radius 3 is 2.61 bits per heavy atom. The average molecular weight is 323 g/mol. The first kappa shape index (κ1) is 16.5. The highest BCUT2D eigenvalue weighted by molar-refractivity contribution is 5.73. The summed E-state index contributed by atoms with van der Waals surface area (Å²) in [4.78, 5) is 18.4. The minimum Gasteiger partial charge on any atom is -0.364 e. The van der Waals surface area contributed by atoms with Crippen LogP contribution in [0.3, 0.4) is 0 Å². The van der Waals surface area contributed by atoms with Crippen LogP contribution in [0, 0.1) is 21.7 Å². The van der Waals surface area contributed by atoms with Crippen molar-refractivity contribution in [2.45, 2.75) is 19.8 Å². The molecule has 0 aliphatic rings. The number of anilines is 3. The van der Waals surface area contributed by atoms with Crippen LogP contribution in [0.25, 0.3) is 0 Å². The molecule has 2 N–H and O–H groups in total. The molecule has 0 unspecified atom stereocenters. The predicted octanol–water partition coefficient (Wildman–Crippen LogP) is 3.62. The molecule has 23 heavy (non-hydrogen) atoms. The highest BCUT2D eigenvalue weighted by Gasteiger charge is 2.23. The fourth-order valence-corrected chi connectivity index (χ4v) is 1.87. The Labute approximate surface area is 130 Å². The van der Waals surface area contributed by atoms with Crippen LogP contribution in [0.1, 0.15) is 19.8 Å². The minimum absolute atomic E-state index is 0.0727. The second-order valence-corrected chi connectivity index (χ2v) is 4.71. The lowest BCUT2D eigenvalue weighted by Crippen LogP contribution is -2.09. The van der Waals surface area contributed by atoms with Crippen molar-refractivity contribution in [2.75, 3.05) is 17.2 Å². The zero-order valence-corrected chi connectivity index (χ0v) is 12.3. The largest absolute Gasteiger partial charge is 0.364 e. The van der Waals surface area contributed by atoms with E-state index in [0.29, 0.717) is 6.54 Å². The predicted molar refractivity (Wildman–Crippen MR) is 81.7 cm³/mol. The van der Waals surface area contributed by atoms with Gasteiger partial charge >= 0.3 is 5.69 Å². The molecule has 7 nitrogen and oxygen atoms in total. The van der Waals surface area contributed by atoms with Gasteiger partial charge in [0.25, 0.3) is 0 Å². The first-order valence-electron chi connectivity index (χ1n) is 6.98. The topological polar surface area (TPSA) is 93.0 Å². The number of nitrogens with zero attached hydrogens (tertiary/aromatic N) is 3. The molecule has 0 saturated heterocycles. The Bertz CT molecular complexity index is 712. The molecule has 1 aromatic carbocycles. The van der Waals surface area contributed by atoms with Crippen LogP contribution in [-0.4, -0.2) is 21.4 Å². The number of halogens is 2. The van der Waals surface area contributed by atoms with E-state index in [2.05, 4.69) is 20.6 Å². The van der Waals surface area contributed by atoms with Crippen LogP contribution >= 0.6 is 0 Å². The maximum Gasteiger partial charge on any atom is 0.353 e. The first-order chi connectivity index (χ1) is 11.0. The molecule has 9 heteroatoms. The number of unbranched alkanes of at least 4 members (excludes halogenated alkanes) is 1. The van der Waals surface area contributed by atoms with Gasteiger partial charge in [0.15, 0.2) is 11.6 Å². The highest BCUT2D eigenvalue weighted by Crippen LogP contribution is 2.31. The summed E-state index contributed by atoms with van der Waals surface area (Å²) in [7, 11) is 0. The van der Waals surface area contributed by atoms with E-state index in [4.69, 9.17) is 0 Å². The van der Waals surface area contributed by atoms with Crippen LogP contribution in [-0.2, 0) is 0 Å². The molecule has 0 spiro atoms. The number of hydrogen-bond acceptors (Lipinski definition) is 6. The van der Waals surface area contributed by atoms with Crippen molar-refractivity contribution < 1.29 is 13.7 Å². The average Bonchev–Trinajstić information content (AvgIpc) is 2.51. The molecule has 0 aliphatic carbocycles. The summed E-state index contributed by atoms with van der Waals surface area (Å²) in [5, 5.41) is 16.8. The number of aromatic nitrogens is 2. The van der Waals surface area contributed by atoms with Crippen molar-refractivity contribution in [3.8, 4) is 0 Å². The van der Waals surface area contributed by atoms with E-state index < -0.39 is 16.6 Å². The lowest BCUT2D eigenvalue weighted by atomic mass is 10.3. The smallest absolute Gasteiger partial charge is 0.353 e. The van der Waals surface area contributed by atoms with E-state index in [0.717, 1.165) is 31.3 Å². The summed E-state index contributed by atoms with van der Waals surface area (Å²) in [6, 6.07) is 3.07. The van der Waals surface area contributed by atoms with Gasteiger partial charge in [-0.05, 0) is 18.6 Å². The molecular formula is C14H15F2N5O2. The third-order valence-corrected chi connectivity index (χ3v) is 3.01. The highest BCUT2D eigenvalue weighted by atomic mass is 19.2. The lowest BCUT2D eigenvalue weighted by Gasteiger charge is -2.10. The monoisotopic (exact) mass is 323 g/mol. The minimum atomic E-state index is -1.06. The van der Waals surface area contributed by atoms with Crippen LogP contribution in [0.4, 0.5) is 31.8 Å². The van der Waals surface area contributed by atoms with Crippen molar-refractivity contribution in [2.24, 2.45) is 0 Å². The second-order valence-electron chi connectivity index (χ2n) is 4.71. The summed E-state index contributed by atoms with van der Waals surface area (Å²) >= 11 is 0. The molecular weight excluding hydrogens is 308 g/mol. The Kier molecular flexibility index (Phi) is 5.34. The van der Waals surface area contributed by atoms with Gasteiger partial charge < -0.3 is 10.6 Å². The first-order valence-corrected chi connectivity index (χ1v) is 6.98. The van der Waals surface area contributed by atoms with Crippen molar-refractivity contribution in [3.63, 3.8) is 0 Å². The van der Waals surface area contributed by atoms with Crippen molar-refractivity contribution >= 4 is 23.0 Å². The molecule has 0 atom stereocenters. The van der Waals surface area contributed by atoms with E-state index in [-0.39, 0.29) is 23.0 Å². The summed E-state index contributed by atoms with van der Waals surface area (Å²) in [5.41, 5.74) is -0.210. The molecule has 2 rings (SSSR count). The van der Waals surface area contributed by atoms with E-state index in [1.165, 1.54) is 6.07 Å². The lowest BCUT2D eigenvalue weighted by molar-refractivity contribution is -0.383. The third-order valence-electron chi connectivity index (χ3n) is 3.01. The standard InChI is InChI=1S/C14H15F2N5O2/c1-2-3-6-17-13-12(21(22)23)14(19-8-18-13)20-9-4-5-10(15)11(16)7-9/h4-5,7-8H,2-3,6H2,1H3,(H2,17,18,19,20). The molecule has 0 saturated carbocycles. The van der Waals surface area contributed by atoms with Crippen molar-refractivity contribution in [1.29, 1.82) is 0 Å². The van der Waals surface area contributed by atoms with Crippen LogP contribution in [0.2, 0.25) is 0 Å². The van der Waals surface area contributed by atoms with Gasteiger partial charge in [0.05, 0.1) is 4.92 Å². The Hall–Kier alpha value is -2.84. The van der Waals surface area contributed by atoms with E-state index in [9.17, 15) is 18.9 Å². The van der Waals surface area contributed by atoms with Gasteiger partial charge in [-0.25, -0.2) is 18.7 Å². The second kappa shape index (κ2) is 7.43. The molecule has 0 bridgehead atoms. The van der Waals surface area contributed by atoms with Gasteiger partial charge in [-0.3, -0.25) is 10.1 Å². The van der Waals surface area contributed by atoms with Gasteiger partial charge in [0, 0.05) is 18.3 Å². The van der Waals surface area contributed by atoms with Crippen molar-refractivity contribution in [1.82, 2.24) is 9.97 Å². The molecule has 1 aromatic heterocycles. The summed E-state index contributed by atoms with van der Waals surface area (Å²) < 4.78 is 26.2. The molecule has 1 heterocycles. The Morgan fingerprint density at radius 1 is 1.22 bits per heavy atom. The Balaban J connectivity index is 2.31. The molecule has 122 valence electrons. The maximum atomic E-state index is 13.2. The van der Waals surface area contributed by atoms with Crippen LogP contribution < -0.4 is 10.6 Å². The van der Waals surface area contributed by atoms with Crippen LogP contribution in [0.5, 0.6) is 0 Å². The maximum absolute atomic E-state index is 13.2. The normalized spacial score (nSPS) is 10.4. The fraction of sp³-hybridized carbons (Fsp3) is 0.286. The zero-order chi connectivity index (χ0) is 16.8. The van der Waals surface area contributed by atoms with Gasteiger partial charge in [-0.15, -0.1) is 0 Å². The molecule has 0 radical (unpaired) electrons. The van der Waals surface area contributed by atoms with Gasteiger partial charge in [0.1, 0.15) is 6.33 Å². The number of hydrogen-bond donors (Lipinski definition) is 2. The quantitative estimate of drug-likeness (QED) is 0.459. The number of rotatable bonds is 7. The molecule has 0 fully saturated rings. The van der Waals surface area contributed by atoms with Gasteiger partial charge in [-0.1, -0.05) is 13.3 Å². The van der Waals surface area contributed by atoms with Gasteiger partial charge in [-0.2, -0.15) is 0 Å². The van der Waals surface area contributed by atoms with Crippen LogP contribution in [0.15, 0.2) is 24.5 Å². The Morgan fingerprint density at radius 2 is 1.96 bits per heavy atom. The fourth-order valence-electron chi connectivity index (χ4n) is 1.87. The molecule has 0 aliphatic heterocycles. The van der Waals surface area contributed by atoms with E-state index in [1.807, 2.05) is 6.92 Å². The summed E-state index contributed by atoms with van der Waals surface area (Å²) in [6.07, 6.45) is 2.91. The third kappa shape index (κ3) is 4.09. The van der Waals surface area contributed by atoms with E-state index >= 15 is 0 Å². The summed E-state index contributed by atoms with van der Waals surface area (Å²) in [5.74, 6) is -2.10. The number of nitrogens with one attached hydrogen (secondary N) is 2. The summed E-state index contributed by atoms with van der Waals surface area (Å²) in [6.45, 7) is 2.52. The number of nitro groups is 1. The molecule has 2 aromatic rings. The number of benzene rings is 1. The SMILES string of the molecule is CCCCNc1ncnc(Nc2ccc(F)c(F)c2)c1[N+](=O)[O-]. The van der Waals surface area contributed by atoms with Crippen molar-refractivity contribution in [3.05, 3.63) is 46.3 Å². The van der Waals surface area contributed by atoms with Gasteiger partial charge in [0.2, 0.25) is 11.6 Å². The zero-order valence-electron chi connectivity index (χ0n) is 12.3. The van der Waals surface area contributed by atoms with E-state index in [1.54, 1.807) is 0 Å². The molecule has 0 amide bonds.